The molecule has 1 heterocycles. The number of rotatable bonds is 2. The number of aliphatic hydroxyl groups excluding tert-OH is 3. The second-order valence-electron chi connectivity index (χ2n) is 4.65. The Balaban J connectivity index is 1.84. The number of aliphatic hydroxyl groups is 3. The lowest BCUT2D eigenvalue weighted by molar-refractivity contribution is -0.161. The Labute approximate surface area is 100.0 Å². The third-order valence-corrected chi connectivity index (χ3v) is 4.87. The fourth-order valence-electron chi connectivity index (χ4n) is 2.29. The molecule has 2 rings (SSSR count). The average molecular weight is 248 g/mol. The van der Waals surface area contributed by atoms with Gasteiger partial charge in [0, 0.05) is 5.25 Å². The van der Waals surface area contributed by atoms with E-state index in [1.807, 2.05) is 0 Å². The molecule has 0 aromatic rings. The number of thioether (sulfide) groups is 1. The van der Waals surface area contributed by atoms with Gasteiger partial charge in [-0.3, -0.25) is 0 Å². The van der Waals surface area contributed by atoms with Crippen LogP contribution in [0.1, 0.15) is 32.1 Å². The van der Waals surface area contributed by atoms with E-state index in [2.05, 4.69) is 0 Å². The summed E-state index contributed by atoms with van der Waals surface area (Å²) in [7, 11) is 0. The third-order valence-electron chi connectivity index (χ3n) is 3.33. The van der Waals surface area contributed by atoms with E-state index in [-0.39, 0.29) is 12.0 Å². The van der Waals surface area contributed by atoms with Crippen LogP contribution in [0, 0.1) is 0 Å². The molecule has 1 aliphatic heterocycles. The van der Waals surface area contributed by atoms with Crippen LogP contribution in [-0.4, -0.2) is 50.9 Å². The highest BCUT2D eigenvalue weighted by molar-refractivity contribution is 8.00. The number of hydrogen-bond donors (Lipinski definition) is 3. The molecule has 0 aromatic carbocycles. The molecule has 16 heavy (non-hydrogen) atoms. The average Bonchev–Trinajstić information content (AvgIpc) is 2.31. The first-order valence-corrected chi connectivity index (χ1v) is 6.94. The Kier molecular flexibility index (Phi) is 4.49. The molecule has 0 spiro atoms. The Hall–Kier alpha value is 0.190. The van der Waals surface area contributed by atoms with Crippen molar-refractivity contribution in [3.8, 4) is 0 Å². The Morgan fingerprint density at radius 1 is 0.938 bits per heavy atom. The third kappa shape index (κ3) is 2.90. The van der Waals surface area contributed by atoms with E-state index in [9.17, 15) is 15.3 Å². The minimum absolute atomic E-state index is 0.114. The van der Waals surface area contributed by atoms with Gasteiger partial charge in [-0.05, 0) is 12.8 Å². The van der Waals surface area contributed by atoms with Crippen molar-refractivity contribution in [3.05, 3.63) is 0 Å². The van der Waals surface area contributed by atoms with Crippen molar-refractivity contribution >= 4 is 11.8 Å². The second-order valence-corrected chi connectivity index (χ2v) is 6.05. The van der Waals surface area contributed by atoms with E-state index >= 15 is 0 Å². The summed E-state index contributed by atoms with van der Waals surface area (Å²) in [6.45, 7) is 0.114. The molecule has 1 saturated carbocycles. The summed E-state index contributed by atoms with van der Waals surface area (Å²) in [5.74, 6) is 0. The molecule has 3 N–H and O–H groups in total. The zero-order valence-electron chi connectivity index (χ0n) is 9.29. The van der Waals surface area contributed by atoms with Crippen LogP contribution in [0.15, 0.2) is 0 Å². The Bertz CT molecular complexity index is 220. The molecule has 94 valence electrons. The molecule has 1 saturated heterocycles. The van der Waals surface area contributed by atoms with Gasteiger partial charge < -0.3 is 20.1 Å². The maximum atomic E-state index is 9.78. The van der Waals surface area contributed by atoms with E-state index in [0.29, 0.717) is 5.25 Å². The molecule has 0 radical (unpaired) electrons. The molecule has 4 atom stereocenters. The largest absolute Gasteiger partial charge is 0.388 e. The van der Waals surface area contributed by atoms with Gasteiger partial charge in [0.15, 0.2) is 0 Å². The predicted octanol–water partition coefficient (Wildman–Crippen LogP) is 0.491. The van der Waals surface area contributed by atoms with Crippen LogP contribution in [0.2, 0.25) is 0 Å². The van der Waals surface area contributed by atoms with E-state index < -0.39 is 18.3 Å². The van der Waals surface area contributed by atoms with E-state index in [4.69, 9.17) is 4.74 Å². The minimum atomic E-state index is -1.07. The van der Waals surface area contributed by atoms with Crippen LogP contribution in [0.25, 0.3) is 0 Å². The van der Waals surface area contributed by atoms with E-state index in [0.717, 1.165) is 12.8 Å². The number of ether oxygens (including phenoxy) is 1. The monoisotopic (exact) mass is 248 g/mol. The van der Waals surface area contributed by atoms with Crippen LogP contribution in [0.3, 0.4) is 0 Å². The quantitative estimate of drug-likeness (QED) is 0.663. The molecule has 0 amide bonds. The molecular weight excluding hydrogens is 228 g/mol. The highest BCUT2D eigenvalue weighted by atomic mass is 32.2. The molecule has 2 fully saturated rings. The van der Waals surface area contributed by atoms with Gasteiger partial charge in [0.1, 0.15) is 23.7 Å². The summed E-state index contributed by atoms with van der Waals surface area (Å²) in [4.78, 5) is 0. The van der Waals surface area contributed by atoms with Crippen LogP contribution in [0.4, 0.5) is 0 Å². The van der Waals surface area contributed by atoms with Crippen molar-refractivity contribution in [2.45, 2.75) is 61.1 Å². The van der Waals surface area contributed by atoms with Crippen molar-refractivity contribution in [3.63, 3.8) is 0 Å². The standard InChI is InChI=1S/C11H20O4S/c12-8-6-15-11(10(14)9(8)13)16-7-4-2-1-3-5-7/h7-14H,1-6H2. The molecule has 4 unspecified atom stereocenters. The summed E-state index contributed by atoms with van der Waals surface area (Å²) in [5, 5.41) is 29.2. The zero-order valence-corrected chi connectivity index (χ0v) is 10.1. The highest BCUT2D eigenvalue weighted by Crippen LogP contribution is 2.35. The van der Waals surface area contributed by atoms with Crippen molar-refractivity contribution in [1.82, 2.24) is 0 Å². The Morgan fingerprint density at radius 3 is 2.31 bits per heavy atom. The zero-order chi connectivity index (χ0) is 11.5. The first kappa shape index (κ1) is 12.6. The summed E-state index contributed by atoms with van der Waals surface area (Å²) in [6, 6.07) is 0. The minimum Gasteiger partial charge on any atom is -0.388 e. The molecule has 0 aromatic heterocycles. The van der Waals surface area contributed by atoms with Gasteiger partial charge in [-0.1, -0.05) is 19.3 Å². The highest BCUT2D eigenvalue weighted by Gasteiger charge is 2.38. The fourth-order valence-corrected chi connectivity index (χ4v) is 3.75. The van der Waals surface area contributed by atoms with Gasteiger partial charge in [0.05, 0.1) is 6.61 Å². The van der Waals surface area contributed by atoms with Crippen molar-refractivity contribution in [2.75, 3.05) is 6.61 Å². The van der Waals surface area contributed by atoms with E-state index in [1.54, 1.807) is 11.8 Å². The first-order valence-electron chi connectivity index (χ1n) is 6.00. The van der Waals surface area contributed by atoms with E-state index in [1.165, 1.54) is 19.3 Å². The molecule has 2 aliphatic rings. The maximum absolute atomic E-state index is 9.78. The smallest absolute Gasteiger partial charge is 0.132 e. The van der Waals surface area contributed by atoms with Gasteiger partial charge in [-0.2, -0.15) is 0 Å². The summed E-state index contributed by atoms with van der Waals surface area (Å²) < 4.78 is 5.38. The van der Waals surface area contributed by atoms with Gasteiger partial charge in [-0.15, -0.1) is 11.8 Å². The molecule has 4 nitrogen and oxygen atoms in total. The fraction of sp³-hybridized carbons (Fsp3) is 1.00. The lowest BCUT2D eigenvalue weighted by Gasteiger charge is -2.37. The summed E-state index contributed by atoms with van der Waals surface area (Å²) >= 11 is 1.61. The Morgan fingerprint density at radius 2 is 1.62 bits per heavy atom. The lowest BCUT2D eigenvalue weighted by atomic mass is 10.0. The number of hydrogen-bond acceptors (Lipinski definition) is 5. The molecule has 1 aliphatic carbocycles. The maximum Gasteiger partial charge on any atom is 0.132 e. The molecule has 0 bridgehead atoms. The van der Waals surface area contributed by atoms with Crippen LogP contribution in [-0.2, 0) is 4.74 Å². The predicted molar refractivity (Wildman–Crippen MR) is 62.2 cm³/mol. The summed E-state index contributed by atoms with van der Waals surface area (Å²) in [6.07, 6.45) is 3.10. The first-order chi connectivity index (χ1) is 7.68. The van der Waals surface area contributed by atoms with Crippen LogP contribution in [0.5, 0.6) is 0 Å². The SMILES string of the molecule is OC1COC(SC2CCCCC2)C(O)C1O. The lowest BCUT2D eigenvalue weighted by Crippen LogP contribution is -2.52. The topological polar surface area (TPSA) is 69.9 Å². The van der Waals surface area contributed by atoms with Gasteiger partial charge in [0.25, 0.3) is 0 Å². The van der Waals surface area contributed by atoms with Crippen molar-refractivity contribution < 1.29 is 20.1 Å². The van der Waals surface area contributed by atoms with Crippen LogP contribution >= 0.6 is 11.8 Å². The van der Waals surface area contributed by atoms with Crippen molar-refractivity contribution in [1.29, 1.82) is 0 Å². The van der Waals surface area contributed by atoms with Gasteiger partial charge >= 0.3 is 0 Å². The van der Waals surface area contributed by atoms with Gasteiger partial charge in [0.2, 0.25) is 0 Å². The normalized spacial score (nSPS) is 42.2. The summed E-state index contributed by atoms with van der Waals surface area (Å²) in [5.41, 5.74) is -0.388. The molecular formula is C11H20O4S. The van der Waals surface area contributed by atoms with Gasteiger partial charge in [-0.25, -0.2) is 0 Å². The van der Waals surface area contributed by atoms with Crippen molar-refractivity contribution in [2.24, 2.45) is 0 Å². The molecule has 5 heteroatoms. The second kappa shape index (κ2) is 5.69. The van der Waals surface area contributed by atoms with Crippen LogP contribution < -0.4 is 0 Å².